The second-order valence-electron chi connectivity index (χ2n) is 13.7. The number of Topliss-reactive ketones (excluding diaryl/α,β-unsaturated/α-hetero) is 1. The molecule has 0 bridgehead atoms. The van der Waals surface area contributed by atoms with Crippen molar-refractivity contribution in [3.8, 4) is 0 Å². The molecule has 2 unspecified atom stereocenters. The maximum Gasteiger partial charge on any atom is 0.290 e. The zero-order valence-electron chi connectivity index (χ0n) is 29.7. The molecule has 4 rings (SSSR count). The van der Waals surface area contributed by atoms with Crippen molar-refractivity contribution in [1.82, 2.24) is 31.7 Å². The molecule has 2 aromatic rings. The first-order valence-corrected chi connectivity index (χ1v) is 18.8. The number of hydrogen-bond donors (Lipinski definition) is 6. The Morgan fingerprint density at radius 2 is 1.35 bits per heavy atom. The fourth-order valence-corrected chi connectivity index (χ4v) is 6.69. The van der Waals surface area contributed by atoms with E-state index < -0.39 is 66.0 Å². The molecule has 2 fully saturated rings. The molecular formula is C38H51N6O7P. The van der Waals surface area contributed by atoms with Crippen LogP contribution >= 0.6 is 9.39 Å². The molecule has 0 heterocycles. The molecular weight excluding hydrogens is 683 g/mol. The molecule has 14 heteroatoms. The zero-order chi connectivity index (χ0) is 37.5. The van der Waals surface area contributed by atoms with E-state index in [0.29, 0.717) is 18.4 Å². The lowest BCUT2D eigenvalue weighted by Crippen LogP contribution is -2.58. The Morgan fingerprint density at radius 3 is 1.96 bits per heavy atom. The molecule has 2 aliphatic carbocycles. The van der Waals surface area contributed by atoms with Crippen molar-refractivity contribution >= 4 is 50.6 Å². The van der Waals surface area contributed by atoms with Gasteiger partial charge in [-0.3, -0.25) is 33.6 Å². The average molecular weight is 735 g/mol. The van der Waals surface area contributed by atoms with Crippen LogP contribution in [0.1, 0.15) is 88.3 Å². The van der Waals surface area contributed by atoms with Crippen LogP contribution in [-0.2, 0) is 40.0 Å². The van der Waals surface area contributed by atoms with E-state index in [-0.39, 0.29) is 30.6 Å². The number of carbonyl (C=O) groups is 7. The lowest BCUT2D eigenvalue weighted by atomic mass is 9.83. The molecule has 6 amide bonds. The first kappa shape index (κ1) is 40.1. The molecule has 6 N–H and O–H groups in total. The van der Waals surface area contributed by atoms with Crippen molar-refractivity contribution in [2.45, 2.75) is 102 Å². The molecule has 280 valence electrons. The van der Waals surface area contributed by atoms with Crippen LogP contribution in [0.3, 0.4) is 0 Å². The molecule has 2 aliphatic rings. The largest absolute Gasteiger partial charge is 0.344 e. The minimum Gasteiger partial charge on any atom is -0.344 e. The fraction of sp³-hybridized carbons (Fsp3) is 0.500. The summed E-state index contributed by atoms with van der Waals surface area (Å²) in [4.78, 5) is 92.1. The van der Waals surface area contributed by atoms with Gasteiger partial charge in [-0.1, -0.05) is 106 Å². The second kappa shape index (κ2) is 20.4. The van der Waals surface area contributed by atoms with E-state index in [1.165, 1.54) is 0 Å². The molecule has 0 saturated heterocycles. The Morgan fingerprint density at radius 1 is 0.712 bits per heavy atom. The maximum atomic E-state index is 13.9. The van der Waals surface area contributed by atoms with Crippen molar-refractivity contribution in [2.24, 2.45) is 11.8 Å². The smallest absolute Gasteiger partial charge is 0.290 e. The van der Waals surface area contributed by atoms with Gasteiger partial charge < -0.3 is 31.7 Å². The maximum absolute atomic E-state index is 13.9. The summed E-state index contributed by atoms with van der Waals surface area (Å²) in [5.74, 6) is -4.36. The van der Waals surface area contributed by atoms with E-state index in [1.807, 2.05) is 30.3 Å². The van der Waals surface area contributed by atoms with Gasteiger partial charge in [0.1, 0.15) is 18.1 Å². The van der Waals surface area contributed by atoms with Crippen LogP contribution in [0.4, 0.5) is 0 Å². The Labute approximate surface area is 307 Å². The standard InChI is InChI=1S/C38H51N6O7P/c1-2-12-28(34(47)38(51)39-23-31(46)43-33(37(50)44-52)27-17-10-5-11-18-27)40-35(48)29(21-25-19-20-25)41-36(49)32(26-15-8-4-9-16-26)42-30(45)22-24-13-6-3-7-14-24/h3,5-7,10-11,13-14,17-18,25-26,28-29,32-33H,2,4,8-9,12,15-16,19-23,52H2,1H3,(H,39,51)(H,40,48)(H,41,49)(H,42,45)(H,43,46)(H,44,50)/t28?,29-,32-,33-/m0/s1. The summed E-state index contributed by atoms with van der Waals surface area (Å²) in [5, 5.41) is 15.8. The predicted octanol–water partition coefficient (Wildman–Crippen LogP) is 2.31. The van der Waals surface area contributed by atoms with Crippen molar-refractivity contribution in [2.75, 3.05) is 6.54 Å². The van der Waals surface area contributed by atoms with E-state index >= 15 is 0 Å². The second-order valence-corrected chi connectivity index (χ2v) is 14.0. The highest BCUT2D eigenvalue weighted by Gasteiger charge is 2.37. The third-order valence-electron chi connectivity index (χ3n) is 9.51. The summed E-state index contributed by atoms with van der Waals surface area (Å²) >= 11 is 0. The van der Waals surface area contributed by atoms with Gasteiger partial charge >= 0.3 is 0 Å². The van der Waals surface area contributed by atoms with E-state index in [1.54, 1.807) is 37.3 Å². The molecule has 52 heavy (non-hydrogen) atoms. The Bertz CT molecular complexity index is 1550. The van der Waals surface area contributed by atoms with Crippen LogP contribution in [0.15, 0.2) is 60.7 Å². The highest BCUT2D eigenvalue weighted by atomic mass is 31.0. The van der Waals surface area contributed by atoms with Gasteiger partial charge in [-0.05, 0) is 58.0 Å². The van der Waals surface area contributed by atoms with Crippen LogP contribution in [0.2, 0.25) is 0 Å². The molecule has 0 spiro atoms. The van der Waals surface area contributed by atoms with E-state index in [2.05, 4.69) is 41.1 Å². The number of amides is 6. The van der Waals surface area contributed by atoms with Crippen LogP contribution in [0.5, 0.6) is 0 Å². The number of ketones is 1. The summed E-state index contributed by atoms with van der Waals surface area (Å²) in [6, 6.07) is 13.8. The summed E-state index contributed by atoms with van der Waals surface area (Å²) in [6.07, 6.45) is 7.42. The van der Waals surface area contributed by atoms with Gasteiger partial charge in [0, 0.05) is 0 Å². The minimum atomic E-state index is -1.20. The van der Waals surface area contributed by atoms with Crippen molar-refractivity contribution in [3.05, 3.63) is 71.8 Å². The first-order chi connectivity index (χ1) is 25.1. The summed E-state index contributed by atoms with van der Waals surface area (Å²) in [6.45, 7) is 1.22. The average Bonchev–Trinajstić information content (AvgIpc) is 3.99. The van der Waals surface area contributed by atoms with Gasteiger partial charge in [0.15, 0.2) is 0 Å². The zero-order valence-corrected chi connectivity index (χ0v) is 30.8. The summed E-state index contributed by atoms with van der Waals surface area (Å²) in [5.41, 5.74) is 1.35. The molecule has 5 atom stereocenters. The normalized spacial score (nSPS) is 16.6. The van der Waals surface area contributed by atoms with Crippen molar-refractivity contribution in [3.63, 3.8) is 0 Å². The molecule has 2 aromatic carbocycles. The number of nitrogens with one attached hydrogen (secondary N) is 6. The molecule has 0 radical (unpaired) electrons. The molecule has 0 aromatic heterocycles. The minimum absolute atomic E-state index is 0.0772. The highest BCUT2D eigenvalue weighted by molar-refractivity contribution is 7.15. The third kappa shape index (κ3) is 12.5. The van der Waals surface area contributed by atoms with Gasteiger partial charge in [0.2, 0.25) is 35.3 Å². The highest BCUT2D eigenvalue weighted by Crippen LogP contribution is 2.34. The van der Waals surface area contributed by atoms with Gasteiger partial charge in [-0.25, -0.2) is 0 Å². The van der Waals surface area contributed by atoms with Crippen LogP contribution in [0, 0.1) is 11.8 Å². The van der Waals surface area contributed by atoms with E-state index in [0.717, 1.165) is 50.5 Å². The molecule has 2 saturated carbocycles. The Balaban J connectivity index is 1.38. The third-order valence-corrected chi connectivity index (χ3v) is 9.80. The van der Waals surface area contributed by atoms with Crippen molar-refractivity contribution < 1.29 is 33.6 Å². The molecule has 13 nitrogen and oxygen atoms in total. The number of carbonyl (C=O) groups excluding carboxylic acids is 7. The van der Waals surface area contributed by atoms with Gasteiger partial charge in [-0.2, -0.15) is 0 Å². The van der Waals surface area contributed by atoms with Crippen molar-refractivity contribution in [1.29, 1.82) is 0 Å². The van der Waals surface area contributed by atoms with Gasteiger partial charge in [-0.15, -0.1) is 0 Å². The molecule has 0 aliphatic heterocycles. The predicted molar refractivity (Wildman–Crippen MR) is 198 cm³/mol. The van der Waals surface area contributed by atoms with E-state index in [4.69, 9.17) is 0 Å². The fourth-order valence-electron chi connectivity index (χ4n) is 6.53. The van der Waals surface area contributed by atoms with Crippen LogP contribution < -0.4 is 31.7 Å². The summed E-state index contributed by atoms with van der Waals surface area (Å²) < 4.78 is 0. The SMILES string of the molecule is CCCC(NC(=O)[C@H](CC1CC1)NC(=O)[C@@H](NC(=O)Cc1ccccc1)C1CCCCC1)C(=O)C(=O)NCC(=O)N[C@H](C(=O)NP)c1ccccc1. The monoisotopic (exact) mass is 734 g/mol. The first-order valence-electron chi connectivity index (χ1n) is 18.2. The van der Waals surface area contributed by atoms with Gasteiger partial charge in [0.25, 0.3) is 5.91 Å². The van der Waals surface area contributed by atoms with Crippen LogP contribution in [-0.4, -0.2) is 65.9 Å². The topological polar surface area (TPSA) is 192 Å². The Kier molecular flexibility index (Phi) is 15.8. The quantitative estimate of drug-likeness (QED) is 0.0943. The lowest BCUT2D eigenvalue weighted by Gasteiger charge is -2.31. The number of benzene rings is 2. The summed E-state index contributed by atoms with van der Waals surface area (Å²) in [7, 11) is 2.08. The lowest BCUT2D eigenvalue weighted by molar-refractivity contribution is -0.141. The number of hydrogen-bond acceptors (Lipinski definition) is 7. The van der Waals surface area contributed by atoms with Crippen LogP contribution in [0.25, 0.3) is 0 Å². The Hall–Kier alpha value is -4.64. The van der Waals surface area contributed by atoms with E-state index in [9.17, 15) is 33.6 Å². The number of rotatable bonds is 19. The van der Waals surface area contributed by atoms with Gasteiger partial charge in [0.05, 0.1) is 19.0 Å².